The Hall–Kier alpha value is -3.57. The Morgan fingerprint density at radius 2 is 1.76 bits per heavy atom. The van der Waals surface area contributed by atoms with Gasteiger partial charge < -0.3 is 10.1 Å². The fourth-order valence-electron chi connectivity index (χ4n) is 2.97. The zero-order valence-electron chi connectivity index (χ0n) is 15.7. The minimum absolute atomic E-state index is 0.257. The van der Waals surface area contributed by atoms with Gasteiger partial charge in [-0.1, -0.05) is 41.9 Å². The average molecular weight is 404 g/mol. The number of nitrogens with zero attached hydrogens (tertiary/aromatic N) is 2. The van der Waals surface area contributed by atoms with E-state index in [4.69, 9.17) is 16.3 Å². The SMILES string of the molecule is COc1ccc(NC(=O)c2cn(-c3ccccc3)nc2-c2cccc(Cl)c2)cc1. The Kier molecular flexibility index (Phi) is 5.31. The molecule has 0 aliphatic heterocycles. The molecule has 6 heteroatoms. The predicted molar refractivity (Wildman–Crippen MR) is 115 cm³/mol. The average Bonchev–Trinajstić information content (AvgIpc) is 3.21. The first-order valence-electron chi connectivity index (χ1n) is 9.00. The molecule has 0 aliphatic rings. The smallest absolute Gasteiger partial charge is 0.259 e. The molecule has 0 bridgehead atoms. The Bertz CT molecular complexity index is 1140. The molecule has 1 heterocycles. The number of aromatic nitrogens is 2. The second-order valence-corrected chi connectivity index (χ2v) is 6.80. The van der Waals surface area contributed by atoms with Crippen molar-refractivity contribution in [2.45, 2.75) is 0 Å². The van der Waals surface area contributed by atoms with E-state index < -0.39 is 0 Å². The minimum atomic E-state index is -0.257. The lowest BCUT2D eigenvalue weighted by Gasteiger charge is -2.07. The standard InChI is InChI=1S/C23H18ClN3O2/c1-29-20-12-10-18(11-13-20)25-23(28)21-15-27(19-8-3-2-4-9-19)26-22(21)16-6-5-7-17(24)14-16/h2-15H,1H3,(H,25,28). The number of ether oxygens (including phenoxy) is 1. The van der Waals surface area contributed by atoms with Crippen LogP contribution in [-0.4, -0.2) is 22.8 Å². The van der Waals surface area contributed by atoms with Gasteiger partial charge in [0, 0.05) is 22.5 Å². The molecule has 0 saturated carbocycles. The van der Waals surface area contributed by atoms with Crippen molar-refractivity contribution in [2.75, 3.05) is 12.4 Å². The van der Waals surface area contributed by atoms with Gasteiger partial charge in [-0.25, -0.2) is 4.68 Å². The van der Waals surface area contributed by atoms with Crippen LogP contribution in [0, 0.1) is 0 Å². The van der Waals surface area contributed by atoms with Crippen LogP contribution < -0.4 is 10.1 Å². The van der Waals surface area contributed by atoms with Gasteiger partial charge in [-0.05, 0) is 48.5 Å². The van der Waals surface area contributed by atoms with E-state index in [0.717, 1.165) is 17.0 Å². The number of carbonyl (C=O) groups is 1. The molecule has 5 nitrogen and oxygen atoms in total. The van der Waals surface area contributed by atoms with Crippen LogP contribution in [0.2, 0.25) is 5.02 Å². The van der Waals surface area contributed by atoms with Crippen molar-refractivity contribution in [2.24, 2.45) is 0 Å². The van der Waals surface area contributed by atoms with Crippen molar-refractivity contribution < 1.29 is 9.53 Å². The van der Waals surface area contributed by atoms with Crippen LogP contribution in [0.4, 0.5) is 5.69 Å². The maximum Gasteiger partial charge on any atom is 0.259 e. The summed E-state index contributed by atoms with van der Waals surface area (Å²) in [6.07, 6.45) is 1.73. The first-order chi connectivity index (χ1) is 14.1. The monoisotopic (exact) mass is 403 g/mol. The Labute approximate surface area is 173 Å². The number of benzene rings is 3. The maximum atomic E-state index is 13.1. The number of amides is 1. The van der Waals surface area contributed by atoms with Crippen LogP contribution in [0.25, 0.3) is 16.9 Å². The lowest BCUT2D eigenvalue weighted by Crippen LogP contribution is -2.12. The predicted octanol–water partition coefficient (Wildman–Crippen LogP) is 5.45. The van der Waals surface area contributed by atoms with Gasteiger partial charge in [-0.3, -0.25) is 4.79 Å². The Morgan fingerprint density at radius 1 is 1.00 bits per heavy atom. The summed E-state index contributed by atoms with van der Waals surface area (Å²) in [6, 6.07) is 24.1. The second-order valence-electron chi connectivity index (χ2n) is 6.36. The normalized spacial score (nSPS) is 10.6. The van der Waals surface area contributed by atoms with Gasteiger partial charge in [0.1, 0.15) is 11.4 Å². The van der Waals surface area contributed by atoms with Gasteiger partial charge in [0.15, 0.2) is 0 Å². The van der Waals surface area contributed by atoms with E-state index in [1.54, 1.807) is 54.4 Å². The molecule has 4 aromatic rings. The van der Waals surface area contributed by atoms with Crippen LogP contribution in [-0.2, 0) is 0 Å². The summed E-state index contributed by atoms with van der Waals surface area (Å²) in [6.45, 7) is 0. The third kappa shape index (κ3) is 4.15. The molecule has 0 unspecified atom stereocenters. The number of rotatable bonds is 5. The molecule has 0 radical (unpaired) electrons. The molecule has 0 fully saturated rings. The molecule has 1 aromatic heterocycles. The molecule has 0 spiro atoms. The molecular weight excluding hydrogens is 386 g/mol. The molecule has 1 N–H and O–H groups in total. The van der Waals surface area contributed by atoms with Gasteiger partial charge in [0.2, 0.25) is 0 Å². The lowest BCUT2D eigenvalue weighted by molar-refractivity contribution is 0.102. The number of anilines is 1. The Morgan fingerprint density at radius 3 is 2.45 bits per heavy atom. The third-order valence-corrected chi connectivity index (χ3v) is 4.66. The van der Waals surface area contributed by atoms with E-state index in [9.17, 15) is 4.79 Å². The fraction of sp³-hybridized carbons (Fsp3) is 0.0435. The van der Waals surface area contributed by atoms with Gasteiger partial charge in [0.05, 0.1) is 18.4 Å². The minimum Gasteiger partial charge on any atom is -0.497 e. The largest absolute Gasteiger partial charge is 0.497 e. The number of hydrogen-bond acceptors (Lipinski definition) is 3. The van der Waals surface area contributed by atoms with Gasteiger partial charge in [-0.2, -0.15) is 5.10 Å². The van der Waals surface area contributed by atoms with Gasteiger partial charge in [-0.15, -0.1) is 0 Å². The summed E-state index contributed by atoms with van der Waals surface area (Å²) in [5, 5.41) is 8.16. The summed E-state index contributed by atoms with van der Waals surface area (Å²) in [5.74, 6) is 0.465. The molecular formula is C23H18ClN3O2. The van der Waals surface area contributed by atoms with E-state index in [1.807, 2.05) is 42.5 Å². The number of halogens is 1. The summed E-state index contributed by atoms with van der Waals surface area (Å²) >= 11 is 6.16. The van der Waals surface area contributed by atoms with E-state index in [1.165, 1.54) is 0 Å². The molecule has 29 heavy (non-hydrogen) atoms. The van der Waals surface area contributed by atoms with Crippen molar-refractivity contribution in [1.82, 2.24) is 9.78 Å². The quantitative estimate of drug-likeness (QED) is 0.481. The zero-order valence-corrected chi connectivity index (χ0v) is 16.4. The van der Waals surface area contributed by atoms with Crippen molar-refractivity contribution >= 4 is 23.2 Å². The van der Waals surface area contributed by atoms with Gasteiger partial charge in [0.25, 0.3) is 5.91 Å². The highest BCUT2D eigenvalue weighted by atomic mass is 35.5. The number of para-hydroxylation sites is 1. The lowest BCUT2D eigenvalue weighted by atomic mass is 10.1. The number of methoxy groups -OCH3 is 1. The topological polar surface area (TPSA) is 56.1 Å². The molecule has 0 aliphatic carbocycles. The first kappa shape index (κ1) is 18.8. The van der Waals surface area contributed by atoms with E-state index in [-0.39, 0.29) is 5.91 Å². The molecule has 0 saturated heterocycles. The van der Waals surface area contributed by atoms with Crippen LogP contribution in [0.15, 0.2) is 85.1 Å². The second kappa shape index (κ2) is 8.20. The highest BCUT2D eigenvalue weighted by molar-refractivity contribution is 6.30. The summed E-state index contributed by atoms with van der Waals surface area (Å²) < 4.78 is 6.85. The van der Waals surface area contributed by atoms with Crippen molar-refractivity contribution in [3.8, 4) is 22.7 Å². The number of hydrogen-bond donors (Lipinski definition) is 1. The van der Waals surface area contributed by atoms with Crippen molar-refractivity contribution in [1.29, 1.82) is 0 Å². The number of nitrogens with one attached hydrogen (secondary N) is 1. The van der Waals surface area contributed by atoms with Crippen LogP contribution in [0.1, 0.15) is 10.4 Å². The maximum absolute atomic E-state index is 13.1. The van der Waals surface area contributed by atoms with Crippen LogP contribution >= 0.6 is 11.6 Å². The molecule has 0 atom stereocenters. The fourth-order valence-corrected chi connectivity index (χ4v) is 3.17. The molecule has 144 valence electrons. The van der Waals surface area contributed by atoms with Gasteiger partial charge >= 0.3 is 0 Å². The van der Waals surface area contributed by atoms with E-state index >= 15 is 0 Å². The van der Waals surface area contributed by atoms with Crippen LogP contribution in [0.3, 0.4) is 0 Å². The van der Waals surface area contributed by atoms with Crippen molar-refractivity contribution in [3.05, 3.63) is 95.6 Å². The highest BCUT2D eigenvalue weighted by Crippen LogP contribution is 2.27. The summed E-state index contributed by atoms with van der Waals surface area (Å²) in [7, 11) is 1.60. The molecule has 1 amide bonds. The first-order valence-corrected chi connectivity index (χ1v) is 9.38. The third-order valence-electron chi connectivity index (χ3n) is 4.43. The zero-order chi connectivity index (χ0) is 20.2. The van der Waals surface area contributed by atoms with E-state index in [2.05, 4.69) is 10.4 Å². The molecule has 3 aromatic carbocycles. The summed E-state index contributed by atoms with van der Waals surface area (Å²) in [5.41, 5.74) is 3.31. The molecule has 4 rings (SSSR count). The highest BCUT2D eigenvalue weighted by Gasteiger charge is 2.19. The van der Waals surface area contributed by atoms with Crippen molar-refractivity contribution in [3.63, 3.8) is 0 Å². The van der Waals surface area contributed by atoms with Crippen LogP contribution in [0.5, 0.6) is 5.75 Å². The summed E-state index contributed by atoms with van der Waals surface area (Å²) in [4.78, 5) is 13.1. The number of carbonyl (C=O) groups excluding carboxylic acids is 1. The van der Waals surface area contributed by atoms with E-state index in [0.29, 0.717) is 22.0 Å². The Balaban J connectivity index is 1.73.